The summed E-state index contributed by atoms with van der Waals surface area (Å²) < 4.78 is 6.31. The average molecular weight is 511 g/mol. The second-order valence-electron chi connectivity index (χ2n) is 9.22. The first-order valence-electron chi connectivity index (χ1n) is 12.2. The number of amidine groups is 1. The Bertz CT molecular complexity index is 1240. The first-order chi connectivity index (χ1) is 17.7. The number of nitrogens with zero attached hydrogens (tertiary/aromatic N) is 4. The van der Waals surface area contributed by atoms with E-state index in [1.807, 2.05) is 0 Å². The molecule has 2 amide bonds. The number of rotatable bonds is 7. The fourth-order valence-corrected chi connectivity index (χ4v) is 4.56. The highest BCUT2D eigenvalue weighted by atomic mass is 16.5. The normalized spacial score (nSPS) is 16.4. The van der Waals surface area contributed by atoms with Crippen molar-refractivity contribution in [2.24, 2.45) is 11.7 Å². The van der Waals surface area contributed by atoms with Crippen molar-refractivity contribution in [2.45, 2.75) is 25.8 Å². The van der Waals surface area contributed by atoms with E-state index in [4.69, 9.17) is 21.0 Å². The maximum atomic E-state index is 13.4. The molecule has 0 atom stereocenters. The highest BCUT2D eigenvalue weighted by Crippen LogP contribution is 2.23. The Hall–Kier alpha value is -4.06. The molecular formula is C25H30N6O6. The Balaban J connectivity index is 1.65. The second kappa shape index (κ2) is 11.3. The zero-order valence-corrected chi connectivity index (χ0v) is 20.4. The summed E-state index contributed by atoms with van der Waals surface area (Å²) in [7, 11) is 0. The van der Waals surface area contributed by atoms with Crippen LogP contribution >= 0.6 is 0 Å². The van der Waals surface area contributed by atoms with Crippen LogP contribution < -0.4 is 11.3 Å². The van der Waals surface area contributed by atoms with Crippen LogP contribution in [0.15, 0.2) is 35.1 Å². The molecule has 1 aromatic heterocycles. The van der Waals surface area contributed by atoms with Crippen molar-refractivity contribution in [1.82, 2.24) is 19.6 Å². The van der Waals surface area contributed by atoms with Gasteiger partial charge in [-0.1, -0.05) is 24.3 Å². The Labute approximate surface area is 213 Å². The number of carbonyl (C=O) groups is 3. The van der Waals surface area contributed by atoms with Crippen molar-refractivity contribution in [2.75, 3.05) is 39.4 Å². The predicted molar refractivity (Wildman–Crippen MR) is 133 cm³/mol. The highest BCUT2D eigenvalue weighted by molar-refractivity contribution is 5.96. The third-order valence-electron chi connectivity index (χ3n) is 6.71. The molecule has 0 radical (unpaired) electrons. The summed E-state index contributed by atoms with van der Waals surface area (Å²) in [5.74, 6) is -1.75. The van der Waals surface area contributed by atoms with E-state index in [0.29, 0.717) is 69.1 Å². The van der Waals surface area contributed by atoms with Crippen LogP contribution in [0.5, 0.6) is 0 Å². The molecule has 196 valence electrons. The summed E-state index contributed by atoms with van der Waals surface area (Å²) in [6.45, 7) is 2.02. The number of benzene rings is 1. The number of likely N-dealkylation sites (tertiary alicyclic amines) is 1. The number of hydrogen-bond donors (Lipinski definition) is 3. The summed E-state index contributed by atoms with van der Waals surface area (Å²) >= 11 is 0. The van der Waals surface area contributed by atoms with E-state index in [0.717, 1.165) is 4.68 Å². The molecule has 2 saturated heterocycles. The molecule has 1 aromatic carbocycles. The summed E-state index contributed by atoms with van der Waals surface area (Å²) in [4.78, 5) is 53.8. The van der Waals surface area contributed by atoms with Crippen LogP contribution in [-0.4, -0.2) is 87.7 Å². The fourth-order valence-electron chi connectivity index (χ4n) is 4.56. The lowest BCUT2D eigenvalue weighted by atomic mass is 9.93. The van der Waals surface area contributed by atoms with Crippen LogP contribution in [0.4, 0.5) is 0 Å². The van der Waals surface area contributed by atoms with E-state index in [-0.39, 0.29) is 36.2 Å². The number of nitrogens with one attached hydrogen (secondary N) is 1. The molecule has 0 unspecified atom stereocenters. The smallest absolute Gasteiger partial charge is 0.303 e. The molecule has 0 bridgehead atoms. The van der Waals surface area contributed by atoms with Crippen LogP contribution in [0.25, 0.3) is 11.3 Å². The van der Waals surface area contributed by atoms with Crippen molar-refractivity contribution in [1.29, 1.82) is 5.41 Å². The zero-order chi connectivity index (χ0) is 26.5. The van der Waals surface area contributed by atoms with Gasteiger partial charge in [0.05, 0.1) is 18.9 Å². The molecule has 4 rings (SSSR count). The molecule has 37 heavy (non-hydrogen) atoms. The molecule has 2 aliphatic heterocycles. The molecule has 3 heterocycles. The van der Waals surface area contributed by atoms with Crippen molar-refractivity contribution < 1.29 is 24.2 Å². The molecule has 12 heteroatoms. The standard InChI is InChI=1S/C25H30N6O6/c26-23(27)18-3-1-17(2-4-18)20-14-19(24(35)30-7-5-16(6-8-30)13-22(33)34)25(36)31(28-20)15-21(32)29-9-11-37-12-10-29/h1-4,14,16H,5-13,15H2,(H3,26,27)(H,33,34). The first-order valence-corrected chi connectivity index (χ1v) is 12.2. The van der Waals surface area contributed by atoms with Gasteiger partial charge >= 0.3 is 5.97 Å². The first kappa shape index (κ1) is 26.0. The largest absolute Gasteiger partial charge is 0.481 e. The van der Waals surface area contributed by atoms with Crippen LogP contribution in [0.1, 0.15) is 35.2 Å². The van der Waals surface area contributed by atoms with Crippen molar-refractivity contribution in [3.05, 3.63) is 51.8 Å². The summed E-state index contributed by atoms with van der Waals surface area (Å²) in [6, 6.07) is 8.07. The molecule has 0 saturated carbocycles. The van der Waals surface area contributed by atoms with E-state index in [2.05, 4.69) is 5.10 Å². The van der Waals surface area contributed by atoms with Crippen molar-refractivity contribution in [3.63, 3.8) is 0 Å². The second-order valence-corrected chi connectivity index (χ2v) is 9.22. The van der Waals surface area contributed by atoms with E-state index < -0.39 is 17.4 Å². The number of carboxylic acids is 1. The minimum atomic E-state index is -0.868. The van der Waals surface area contributed by atoms with Crippen molar-refractivity contribution in [3.8, 4) is 11.3 Å². The average Bonchev–Trinajstić information content (AvgIpc) is 2.90. The van der Waals surface area contributed by atoms with Gasteiger partial charge in [0, 0.05) is 43.7 Å². The highest BCUT2D eigenvalue weighted by Gasteiger charge is 2.28. The van der Waals surface area contributed by atoms with Gasteiger partial charge < -0.3 is 25.4 Å². The maximum Gasteiger partial charge on any atom is 0.303 e. The zero-order valence-electron chi connectivity index (χ0n) is 20.4. The predicted octanol–water partition coefficient (Wildman–Crippen LogP) is 0.380. The van der Waals surface area contributed by atoms with Crippen LogP contribution in [0.2, 0.25) is 0 Å². The number of amides is 2. The van der Waals surface area contributed by atoms with Crippen LogP contribution in [0.3, 0.4) is 0 Å². The minimum absolute atomic E-state index is 0.0165. The summed E-state index contributed by atoms with van der Waals surface area (Å²) in [5.41, 5.74) is 6.21. The Morgan fingerprint density at radius 1 is 1.05 bits per heavy atom. The minimum Gasteiger partial charge on any atom is -0.481 e. The van der Waals surface area contributed by atoms with E-state index in [1.165, 1.54) is 6.07 Å². The van der Waals surface area contributed by atoms with Gasteiger partial charge in [-0.3, -0.25) is 24.6 Å². The van der Waals surface area contributed by atoms with Gasteiger partial charge in [-0.05, 0) is 24.8 Å². The molecule has 4 N–H and O–H groups in total. The fraction of sp³-hybridized carbons (Fsp3) is 0.440. The number of nitrogens with two attached hydrogens (primary N) is 1. The summed E-state index contributed by atoms with van der Waals surface area (Å²) in [6.07, 6.45) is 1.12. The number of carbonyl (C=O) groups excluding carboxylic acids is 2. The molecule has 12 nitrogen and oxygen atoms in total. The Morgan fingerprint density at radius 3 is 2.30 bits per heavy atom. The van der Waals surface area contributed by atoms with Gasteiger partial charge in [0.2, 0.25) is 5.91 Å². The van der Waals surface area contributed by atoms with E-state index >= 15 is 0 Å². The monoisotopic (exact) mass is 510 g/mol. The van der Waals surface area contributed by atoms with E-state index in [1.54, 1.807) is 34.1 Å². The van der Waals surface area contributed by atoms with Crippen molar-refractivity contribution >= 4 is 23.6 Å². The number of ether oxygens (including phenoxy) is 1. The van der Waals surface area contributed by atoms with Gasteiger partial charge in [-0.25, -0.2) is 4.68 Å². The third kappa shape index (κ3) is 6.20. The molecule has 2 fully saturated rings. The number of carboxylic acid groups (broad SMARTS) is 1. The Kier molecular flexibility index (Phi) is 7.97. The number of aromatic nitrogens is 2. The molecular weight excluding hydrogens is 480 g/mol. The molecule has 0 aliphatic carbocycles. The topological polar surface area (TPSA) is 172 Å². The SMILES string of the molecule is N=C(N)c1ccc(-c2cc(C(=O)N3CCC(CC(=O)O)CC3)c(=O)n(CC(=O)N3CCOCC3)n2)cc1. The lowest BCUT2D eigenvalue weighted by Crippen LogP contribution is -2.45. The van der Waals surface area contributed by atoms with Crippen LogP contribution in [-0.2, 0) is 20.9 Å². The number of morpholine rings is 1. The lowest BCUT2D eigenvalue weighted by molar-refractivity contribution is -0.138. The number of hydrogen-bond acceptors (Lipinski definition) is 7. The molecule has 2 aromatic rings. The third-order valence-corrected chi connectivity index (χ3v) is 6.71. The molecule has 0 spiro atoms. The molecule has 2 aliphatic rings. The Morgan fingerprint density at radius 2 is 1.70 bits per heavy atom. The lowest BCUT2D eigenvalue weighted by Gasteiger charge is -2.31. The van der Waals surface area contributed by atoms with Gasteiger partial charge in [-0.15, -0.1) is 0 Å². The quantitative estimate of drug-likeness (QED) is 0.354. The van der Waals surface area contributed by atoms with Gasteiger partial charge in [0.15, 0.2) is 0 Å². The number of nitrogen functional groups attached to an aromatic ring is 1. The van der Waals surface area contributed by atoms with Gasteiger partial charge in [-0.2, -0.15) is 5.10 Å². The number of aliphatic carboxylic acids is 1. The van der Waals surface area contributed by atoms with Gasteiger partial charge in [0.1, 0.15) is 17.9 Å². The van der Waals surface area contributed by atoms with Crippen LogP contribution in [0, 0.1) is 11.3 Å². The van der Waals surface area contributed by atoms with Gasteiger partial charge in [0.25, 0.3) is 11.5 Å². The maximum absolute atomic E-state index is 13.4. The number of piperidine rings is 1. The van der Waals surface area contributed by atoms with E-state index in [9.17, 15) is 19.2 Å². The summed E-state index contributed by atoms with van der Waals surface area (Å²) in [5, 5.41) is 21.0.